The van der Waals surface area contributed by atoms with Crippen LogP contribution < -0.4 is 9.80 Å². The molecule has 3 rings (SSSR count). The first kappa shape index (κ1) is 14.8. The van der Waals surface area contributed by atoms with Gasteiger partial charge in [-0.05, 0) is 30.3 Å². The lowest BCUT2D eigenvalue weighted by Gasteiger charge is -2.29. The summed E-state index contributed by atoms with van der Waals surface area (Å²) in [6.07, 6.45) is 0. The standard InChI is InChI=1S/C17H18N2O2S/c1-18(2)14-7-5-6-13(12-14)17(20)19-10-11-22(21)16-9-4-3-8-15(16)19/h3-9,12H,10-11H2,1-2H3. The van der Waals surface area contributed by atoms with E-state index in [9.17, 15) is 9.00 Å². The predicted octanol–water partition coefficient (Wildman–Crippen LogP) is 2.52. The van der Waals surface area contributed by atoms with E-state index in [0.717, 1.165) is 16.3 Å². The molecule has 114 valence electrons. The summed E-state index contributed by atoms with van der Waals surface area (Å²) >= 11 is 0. The summed E-state index contributed by atoms with van der Waals surface area (Å²) in [6.45, 7) is 0.481. The topological polar surface area (TPSA) is 40.6 Å². The average molecular weight is 314 g/mol. The number of rotatable bonds is 2. The van der Waals surface area contributed by atoms with Crippen molar-refractivity contribution in [1.29, 1.82) is 0 Å². The van der Waals surface area contributed by atoms with Crippen molar-refractivity contribution in [2.75, 3.05) is 36.2 Å². The fourth-order valence-electron chi connectivity index (χ4n) is 2.56. The van der Waals surface area contributed by atoms with Crippen LogP contribution in [0.25, 0.3) is 0 Å². The van der Waals surface area contributed by atoms with Crippen molar-refractivity contribution in [1.82, 2.24) is 0 Å². The van der Waals surface area contributed by atoms with Crippen LogP contribution in [0.1, 0.15) is 10.4 Å². The normalized spacial score (nSPS) is 17.0. The third-order valence-electron chi connectivity index (χ3n) is 3.76. The fraction of sp³-hybridized carbons (Fsp3) is 0.235. The third-order valence-corrected chi connectivity index (χ3v) is 5.15. The number of para-hydroxylation sites is 1. The Kier molecular flexibility index (Phi) is 3.98. The molecular weight excluding hydrogens is 296 g/mol. The highest BCUT2D eigenvalue weighted by atomic mass is 32.2. The highest BCUT2D eigenvalue weighted by molar-refractivity contribution is 7.85. The maximum atomic E-state index is 12.9. The molecule has 2 aromatic carbocycles. The van der Waals surface area contributed by atoms with Gasteiger partial charge in [0.2, 0.25) is 0 Å². The van der Waals surface area contributed by atoms with Crippen LogP contribution in [0.3, 0.4) is 0 Å². The average Bonchev–Trinajstić information content (AvgIpc) is 2.55. The zero-order valence-electron chi connectivity index (χ0n) is 12.7. The van der Waals surface area contributed by atoms with E-state index in [1.54, 1.807) is 4.90 Å². The summed E-state index contributed by atoms with van der Waals surface area (Å²) in [5.74, 6) is 0.434. The lowest BCUT2D eigenvalue weighted by molar-refractivity contribution is 0.0987. The van der Waals surface area contributed by atoms with Gasteiger partial charge in [-0.3, -0.25) is 9.00 Å². The number of benzene rings is 2. The number of amides is 1. The number of carbonyl (C=O) groups excluding carboxylic acids is 1. The zero-order valence-corrected chi connectivity index (χ0v) is 13.5. The van der Waals surface area contributed by atoms with Crippen LogP contribution in [0, 0.1) is 0 Å². The molecule has 0 saturated heterocycles. The van der Waals surface area contributed by atoms with Gasteiger partial charge in [-0.15, -0.1) is 0 Å². The van der Waals surface area contributed by atoms with Gasteiger partial charge in [-0.25, -0.2) is 0 Å². The van der Waals surface area contributed by atoms with E-state index >= 15 is 0 Å². The first-order chi connectivity index (χ1) is 10.6. The largest absolute Gasteiger partial charge is 0.378 e. The summed E-state index contributed by atoms with van der Waals surface area (Å²) in [5.41, 5.74) is 2.39. The second-order valence-electron chi connectivity index (χ2n) is 5.42. The molecule has 22 heavy (non-hydrogen) atoms. The first-order valence-electron chi connectivity index (χ1n) is 7.14. The Hall–Kier alpha value is -2.14. The lowest BCUT2D eigenvalue weighted by Crippen LogP contribution is -2.38. The third kappa shape index (κ3) is 2.64. The molecule has 2 aromatic rings. The van der Waals surface area contributed by atoms with Crippen LogP contribution in [0.4, 0.5) is 11.4 Å². The van der Waals surface area contributed by atoms with Crippen LogP contribution in [-0.2, 0) is 10.8 Å². The SMILES string of the molecule is CN(C)c1cccc(C(=O)N2CCS(=O)c3ccccc32)c1. The monoisotopic (exact) mass is 314 g/mol. The van der Waals surface area contributed by atoms with E-state index in [1.807, 2.05) is 67.5 Å². The molecule has 1 aliphatic rings. The van der Waals surface area contributed by atoms with Crippen molar-refractivity contribution in [3.63, 3.8) is 0 Å². The van der Waals surface area contributed by atoms with Gasteiger partial charge in [0.05, 0.1) is 21.4 Å². The van der Waals surface area contributed by atoms with E-state index in [-0.39, 0.29) is 5.91 Å². The first-order valence-corrected chi connectivity index (χ1v) is 8.46. The molecule has 5 heteroatoms. The molecule has 1 aliphatic heterocycles. The Morgan fingerprint density at radius 3 is 2.68 bits per heavy atom. The van der Waals surface area contributed by atoms with Gasteiger partial charge < -0.3 is 9.80 Å². The van der Waals surface area contributed by atoms with Crippen LogP contribution in [0.2, 0.25) is 0 Å². The zero-order chi connectivity index (χ0) is 15.7. The molecule has 1 heterocycles. The van der Waals surface area contributed by atoms with Crippen LogP contribution in [0.15, 0.2) is 53.4 Å². The van der Waals surface area contributed by atoms with E-state index in [1.165, 1.54) is 0 Å². The second-order valence-corrected chi connectivity index (χ2v) is 6.96. The van der Waals surface area contributed by atoms with Crippen molar-refractivity contribution < 1.29 is 9.00 Å². The highest BCUT2D eigenvalue weighted by Gasteiger charge is 2.27. The number of hydrogen-bond acceptors (Lipinski definition) is 3. The van der Waals surface area contributed by atoms with Crippen LogP contribution in [0.5, 0.6) is 0 Å². The molecule has 0 radical (unpaired) electrons. The summed E-state index contributed by atoms with van der Waals surface area (Å²) in [6, 6.07) is 15.0. The van der Waals surface area contributed by atoms with Crippen LogP contribution >= 0.6 is 0 Å². The maximum Gasteiger partial charge on any atom is 0.258 e. The van der Waals surface area contributed by atoms with Gasteiger partial charge in [0.25, 0.3) is 5.91 Å². The van der Waals surface area contributed by atoms with Crippen molar-refractivity contribution in [3.05, 3.63) is 54.1 Å². The molecule has 1 amide bonds. The van der Waals surface area contributed by atoms with E-state index < -0.39 is 10.8 Å². The molecule has 1 atom stereocenters. The van der Waals surface area contributed by atoms with Crippen molar-refractivity contribution in [2.45, 2.75) is 4.90 Å². The minimum atomic E-state index is -1.02. The van der Waals surface area contributed by atoms with E-state index in [2.05, 4.69) is 0 Å². The van der Waals surface area contributed by atoms with E-state index in [0.29, 0.717) is 17.9 Å². The minimum Gasteiger partial charge on any atom is -0.378 e. The summed E-state index contributed by atoms with van der Waals surface area (Å²) in [7, 11) is 2.87. The number of anilines is 2. The van der Waals surface area contributed by atoms with Gasteiger partial charge in [0.1, 0.15) is 0 Å². The summed E-state index contributed by atoms with van der Waals surface area (Å²) in [4.78, 5) is 17.3. The van der Waals surface area contributed by atoms with Gasteiger partial charge in [0, 0.05) is 37.6 Å². The minimum absolute atomic E-state index is 0.0483. The molecule has 0 bridgehead atoms. The fourth-order valence-corrected chi connectivity index (χ4v) is 3.77. The molecule has 1 unspecified atom stereocenters. The Bertz CT molecular complexity index is 743. The molecule has 0 spiro atoms. The quantitative estimate of drug-likeness (QED) is 0.855. The predicted molar refractivity (Wildman–Crippen MR) is 90.2 cm³/mol. The second kappa shape index (κ2) is 5.93. The lowest BCUT2D eigenvalue weighted by atomic mass is 10.1. The Labute approximate surface area is 132 Å². The van der Waals surface area contributed by atoms with Gasteiger partial charge >= 0.3 is 0 Å². The molecule has 0 fully saturated rings. The summed E-state index contributed by atoms with van der Waals surface area (Å²) < 4.78 is 12.1. The Morgan fingerprint density at radius 2 is 1.91 bits per heavy atom. The number of hydrogen-bond donors (Lipinski definition) is 0. The van der Waals surface area contributed by atoms with Gasteiger partial charge in [-0.2, -0.15) is 0 Å². The molecule has 0 aromatic heterocycles. The molecule has 4 nitrogen and oxygen atoms in total. The van der Waals surface area contributed by atoms with Gasteiger partial charge in [-0.1, -0.05) is 18.2 Å². The maximum absolute atomic E-state index is 12.9. The number of fused-ring (bicyclic) bond motifs is 1. The summed E-state index contributed by atoms with van der Waals surface area (Å²) in [5, 5.41) is 0. The molecule has 0 aliphatic carbocycles. The van der Waals surface area contributed by atoms with Crippen molar-refractivity contribution in [2.24, 2.45) is 0 Å². The Balaban J connectivity index is 1.98. The molecule has 0 saturated carbocycles. The van der Waals surface area contributed by atoms with Crippen molar-refractivity contribution in [3.8, 4) is 0 Å². The Morgan fingerprint density at radius 1 is 1.14 bits per heavy atom. The van der Waals surface area contributed by atoms with Crippen molar-refractivity contribution >= 4 is 28.1 Å². The molecule has 0 N–H and O–H groups in total. The van der Waals surface area contributed by atoms with E-state index in [4.69, 9.17) is 0 Å². The number of nitrogens with zero attached hydrogens (tertiary/aromatic N) is 2. The van der Waals surface area contributed by atoms with Gasteiger partial charge in [0.15, 0.2) is 0 Å². The number of carbonyl (C=O) groups is 1. The van der Waals surface area contributed by atoms with Crippen LogP contribution in [-0.4, -0.2) is 36.5 Å². The smallest absolute Gasteiger partial charge is 0.258 e. The molecular formula is C17H18N2O2S. The highest BCUT2D eigenvalue weighted by Crippen LogP contribution is 2.29.